The summed E-state index contributed by atoms with van der Waals surface area (Å²) in [5, 5.41) is 9.83. The highest BCUT2D eigenvalue weighted by molar-refractivity contribution is 6.33. The van der Waals surface area contributed by atoms with E-state index in [2.05, 4.69) is 15.5 Å². The fraction of sp³-hybridized carbons (Fsp3) is 0. The van der Waals surface area contributed by atoms with E-state index in [4.69, 9.17) is 11.6 Å². The lowest BCUT2D eigenvalue weighted by Crippen LogP contribution is -1.92. The van der Waals surface area contributed by atoms with E-state index < -0.39 is 0 Å². The van der Waals surface area contributed by atoms with E-state index in [9.17, 15) is 4.39 Å². The molecule has 0 aliphatic carbocycles. The third-order valence-electron chi connectivity index (χ3n) is 1.69. The van der Waals surface area contributed by atoms with Crippen molar-refractivity contribution in [3.63, 3.8) is 0 Å². The number of aromatic nitrogens is 2. The largest absolute Gasteiger partial charge is 0.337 e. The van der Waals surface area contributed by atoms with Crippen molar-refractivity contribution in [3.05, 3.63) is 41.3 Å². The van der Waals surface area contributed by atoms with Crippen molar-refractivity contribution in [1.82, 2.24) is 10.2 Å². The minimum absolute atomic E-state index is 0.340. The molecule has 0 radical (unpaired) electrons. The van der Waals surface area contributed by atoms with Crippen molar-refractivity contribution in [1.29, 1.82) is 0 Å². The standard InChI is InChI=1S/C9H7ClFN3/c10-7-2-1-6(11)5-8(7)13-9-3-4-12-14-9/h1-5H,(H2,12,13,14). The Kier molecular flexibility index (Phi) is 2.37. The normalized spacial score (nSPS) is 10.1. The summed E-state index contributed by atoms with van der Waals surface area (Å²) in [6.45, 7) is 0. The topological polar surface area (TPSA) is 40.7 Å². The Morgan fingerprint density at radius 1 is 1.36 bits per heavy atom. The highest BCUT2D eigenvalue weighted by Gasteiger charge is 2.02. The van der Waals surface area contributed by atoms with Gasteiger partial charge in [0.05, 0.1) is 10.7 Å². The molecule has 5 heteroatoms. The number of nitrogens with one attached hydrogen (secondary N) is 2. The molecule has 1 heterocycles. The molecule has 2 N–H and O–H groups in total. The van der Waals surface area contributed by atoms with Crippen molar-refractivity contribution in [3.8, 4) is 0 Å². The lowest BCUT2D eigenvalue weighted by Gasteiger charge is -2.04. The van der Waals surface area contributed by atoms with Crippen molar-refractivity contribution in [2.24, 2.45) is 0 Å². The lowest BCUT2D eigenvalue weighted by atomic mass is 10.3. The summed E-state index contributed by atoms with van der Waals surface area (Å²) in [4.78, 5) is 0. The van der Waals surface area contributed by atoms with Gasteiger partial charge >= 0.3 is 0 Å². The second-order valence-electron chi connectivity index (χ2n) is 2.71. The summed E-state index contributed by atoms with van der Waals surface area (Å²) >= 11 is 5.85. The average molecular weight is 212 g/mol. The van der Waals surface area contributed by atoms with Crippen LogP contribution >= 0.6 is 11.6 Å². The van der Waals surface area contributed by atoms with E-state index in [-0.39, 0.29) is 5.82 Å². The zero-order valence-electron chi connectivity index (χ0n) is 7.09. The van der Waals surface area contributed by atoms with E-state index in [1.54, 1.807) is 12.3 Å². The van der Waals surface area contributed by atoms with Crippen LogP contribution in [0.25, 0.3) is 0 Å². The Labute approximate surface area is 84.9 Å². The number of nitrogens with zero attached hydrogens (tertiary/aromatic N) is 1. The van der Waals surface area contributed by atoms with Crippen molar-refractivity contribution in [2.75, 3.05) is 5.32 Å². The number of hydrogen-bond acceptors (Lipinski definition) is 2. The maximum atomic E-state index is 12.8. The van der Waals surface area contributed by atoms with Crippen LogP contribution in [0, 0.1) is 5.82 Å². The molecule has 14 heavy (non-hydrogen) atoms. The lowest BCUT2D eigenvalue weighted by molar-refractivity contribution is 0.628. The summed E-state index contributed by atoms with van der Waals surface area (Å²) < 4.78 is 12.8. The first-order valence-electron chi connectivity index (χ1n) is 3.97. The zero-order chi connectivity index (χ0) is 9.97. The van der Waals surface area contributed by atoms with Gasteiger partial charge in [-0.15, -0.1) is 0 Å². The molecule has 0 fully saturated rings. The molecule has 0 aliphatic rings. The monoisotopic (exact) mass is 211 g/mol. The summed E-state index contributed by atoms with van der Waals surface area (Å²) in [5.41, 5.74) is 0.499. The number of aromatic amines is 1. The smallest absolute Gasteiger partial charge is 0.152 e. The summed E-state index contributed by atoms with van der Waals surface area (Å²) in [7, 11) is 0. The summed E-state index contributed by atoms with van der Waals surface area (Å²) in [6.07, 6.45) is 1.66. The van der Waals surface area contributed by atoms with Gasteiger partial charge in [-0.3, -0.25) is 5.10 Å². The van der Waals surface area contributed by atoms with Crippen LogP contribution < -0.4 is 5.32 Å². The number of anilines is 2. The number of hydrogen-bond donors (Lipinski definition) is 2. The van der Waals surface area contributed by atoms with Crippen LogP contribution in [0.3, 0.4) is 0 Å². The number of rotatable bonds is 2. The first kappa shape index (κ1) is 9.02. The molecule has 0 unspecified atom stereocenters. The van der Waals surface area contributed by atoms with Gasteiger partial charge < -0.3 is 5.32 Å². The Hall–Kier alpha value is -1.55. The SMILES string of the molecule is Fc1ccc(Cl)c(Nc2cc[nH]n2)c1. The molecule has 72 valence electrons. The molecule has 0 saturated heterocycles. The maximum Gasteiger partial charge on any atom is 0.152 e. The first-order valence-corrected chi connectivity index (χ1v) is 4.35. The minimum Gasteiger partial charge on any atom is -0.337 e. The zero-order valence-corrected chi connectivity index (χ0v) is 7.85. The fourth-order valence-electron chi connectivity index (χ4n) is 1.06. The Morgan fingerprint density at radius 3 is 2.93 bits per heavy atom. The van der Waals surface area contributed by atoms with Gasteiger partial charge in [-0.1, -0.05) is 11.6 Å². The molecule has 2 rings (SSSR count). The second-order valence-corrected chi connectivity index (χ2v) is 3.12. The number of halogens is 2. The maximum absolute atomic E-state index is 12.8. The predicted octanol–water partition coefficient (Wildman–Crippen LogP) is 2.95. The van der Waals surface area contributed by atoms with Gasteiger partial charge in [0.1, 0.15) is 5.82 Å². The van der Waals surface area contributed by atoms with Crippen LogP contribution in [-0.2, 0) is 0 Å². The quantitative estimate of drug-likeness (QED) is 0.802. The molecular formula is C9H7ClFN3. The molecule has 1 aromatic carbocycles. The molecule has 0 atom stereocenters. The number of benzene rings is 1. The van der Waals surface area contributed by atoms with Gasteiger partial charge in [0.2, 0.25) is 0 Å². The average Bonchev–Trinajstić information content (AvgIpc) is 2.64. The van der Waals surface area contributed by atoms with Crippen LogP contribution in [0.4, 0.5) is 15.9 Å². The summed E-state index contributed by atoms with van der Waals surface area (Å²) in [5.74, 6) is 0.255. The van der Waals surface area contributed by atoms with Crippen LogP contribution in [0.2, 0.25) is 5.02 Å². The summed E-state index contributed by atoms with van der Waals surface area (Å²) in [6, 6.07) is 5.84. The highest BCUT2D eigenvalue weighted by Crippen LogP contribution is 2.24. The molecule has 0 amide bonds. The highest BCUT2D eigenvalue weighted by atomic mass is 35.5. The van der Waals surface area contributed by atoms with Gasteiger partial charge in [0, 0.05) is 12.3 Å². The Bertz CT molecular complexity index is 428. The molecule has 0 aliphatic heterocycles. The molecular weight excluding hydrogens is 205 g/mol. The number of H-pyrrole nitrogens is 1. The third-order valence-corrected chi connectivity index (χ3v) is 2.02. The molecule has 0 bridgehead atoms. The molecule has 1 aromatic heterocycles. The van der Waals surface area contributed by atoms with Gasteiger partial charge in [-0.25, -0.2) is 4.39 Å². The van der Waals surface area contributed by atoms with E-state index in [1.807, 2.05) is 0 Å². The van der Waals surface area contributed by atoms with Crippen LogP contribution in [0.5, 0.6) is 0 Å². The molecule has 2 aromatic rings. The Morgan fingerprint density at radius 2 is 2.21 bits per heavy atom. The van der Waals surface area contributed by atoms with E-state index in [0.717, 1.165) is 0 Å². The van der Waals surface area contributed by atoms with E-state index in [0.29, 0.717) is 16.5 Å². The van der Waals surface area contributed by atoms with Gasteiger partial charge in [-0.05, 0) is 18.2 Å². The second kappa shape index (κ2) is 3.67. The van der Waals surface area contributed by atoms with Crippen molar-refractivity contribution < 1.29 is 4.39 Å². The molecule has 0 saturated carbocycles. The van der Waals surface area contributed by atoms with Crippen molar-refractivity contribution >= 4 is 23.1 Å². The molecule has 3 nitrogen and oxygen atoms in total. The molecule has 0 spiro atoms. The first-order chi connectivity index (χ1) is 6.75. The van der Waals surface area contributed by atoms with E-state index >= 15 is 0 Å². The minimum atomic E-state index is -0.340. The van der Waals surface area contributed by atoms with Crippen LogP contribution in [0.1, 0.15) is 0 Å². The fourth-order valence-corrected chi connectivity index (χ4v) is 1.23. The van der Waals surface area contributed by atoms with E-state index in [1.165, 1.54) is 18.2 Å². The predicted molar refractivity (Wildman–Crippen MR) is 53.3 cm³/mol. The third kappa shape index (κ3) is 1.85. The van der Waals surface area contributed by atoms with Gasteiger partial charge in [0.15, 0.2) is 5.82 Å². The van der Waals surface area contributed by atoms with Crippen LogP contribution in [-0.4, -0.2) is 10.2 Å². The Balaban J connectivity index is 2.28. The van der Waals surface area contributed by atoms with Crippen LogP contribution in [0.15, 0.2) is 30.5 Å². The van der Waals surface area contributed by atoms with Gasteiger partial charge in [0.25, 0.3) is 0 Å². The van der Waals surface area contributed by atoms with Gasteiger partial charge in [-0.2, -0.15) is 5.10 Å². The van der Waals surface area contributed by atoms with Crippen molar-refractivity contribution in [2.45, 2.75) is 0 Å².